The molecule has 0 atom stereocenters. The minimum absolute atomic E-state index is 0.786. The van der Waals surface area contributed by atoms with Crippen molar-refractivity contribution in [2.75, 3.05) is 18.0 Å². The van der Waals surface area contributed by atoms with Crippen molar-refractivity contribution in [1.29, 1.82) is 0 Å². The summed E-state index contributed by atoms with van der Waals surface area (Å²) >= 11 is 0. The Morgan fingerprint density at radius 1 is 1.07 bits per heavy atom. The van der Waals surface area contributed by atoms with Crippen LogP contribution in [0.3, 0.4) is 0 Å². The first-order chi connectivity index (χ1) is 7.45. The second-order valence-electron chi connectivity index (χ2n) is 3.77. The molecule has 0 saturated carbocycles. The molecule has 0 aromatic carbocycles. The predicted octanol–water partition coefficient (Wildman–Crippen LogP) is 1.62. The maximum absolute atomic E-state index is 4.36. The molecule has 4 nitrogen and oxygen atoms in total. The molecule has 0 amide bonds. The molecular formula is C11H12N4. The van der Waals surface area contributed by atoms with Gasteiger partial charge in [-0.15, -0.1) is 0 Å². The number of fused-ring (bicyclic) bond motifs is 1. The molecule has 0 radical (unpaired) electrons. The molecule has 0 N–H and O–H groups in total. The van der Waals surface area contributed by atoms with Crippen LogP contribution in [0, 0.1) is 0 Å². The Balaban J connectivity index is 2.16. The molecule has 4 heteroatoms. The molecule has 0 aliphatic carbocycles. The zero-order chi connectivity index (χ0) is 10.1. The smallest absolute Gasteiger partial charge is 0.164 e. The summed E-state index contributed by atoms with van der Waals surface area (Å²) in [4.78, 5) is 15.1. The predicted molar refractivity (Wildman–Crippen MR) is 58.8 cm³/mol. The molecule has 2 aromatic heterocycles. The van der Waals surface area contributed by atoms with Crippen LogP contribution >= 0.6 is 0 Å². The number of pyridine rings is 1. The Bertz CT molecular complexity index is 471. The lowest BCUT2D eigenvalue weighted by atomic mass is 10.3. The van der Waals surface area contributed by atoms with Gasteiger partial charge in [-0.1, -0.05) is 0 Å². The summed E-state index contributed by atoms with van der Waals surface area (Å²) < 4.78 is 0. The van der Waals surface area contributed by atoms with Crippen LogP contribution in [-0.2, 0) is 0 Å². The van der Waals surface area contributed by atoms with Crippen molar-refractivity contribution < 1.29 is 0 Å². The van der Waals surface area contributed by atoms with Crippen molar-refractivity contribution in [2.45, 2.75) is 12.8 Å². The fourth-order valence-electron chi connectivity index (χ4n) is 2.06. The number of rotatable bonds is 1. The maximum atomic E-state index is 4.36. The second kappa shape index (κ2) is 3.46. The number of hydrogen-bond donors (Lipinski definition) is 0. The third-order valence-electron chi connectivity index (χ3n) is 2.79. The van der Waals surface area contributed by atoms with E-state index in [-0.39, 0.29) is 0 Å². The fraction of sp³-hybridized carbons (Fsp3) is 0.364. The van der Waals surface area contributed by atoms with Gasteiger partial charge in [-0.25, -0.2) is 15.0 Å². The van der Waals surface area contributed by atoms with E-state index in [2.05, 4.69) is 19.9 Å². The van der Waals surface area contributed by atoms with E-state index in [1.807, 2.05) is 12.1 Å². The van der Waals surface area contributed by atoms with E-state index in [1.165, 1.54) is 12.8 Å². The molecule has 0 spiro atoms. The number of aromatic nitrogens is 3. The Hall–Kier alpha value is -1.71. The molecule has 1 aliphatic heterocycles. The Labute approximate surface area is 88.0 Å². The summed E-state index contributed by atoms with van der Waals surface area (Å²) in [5.41, 5.74) is 0.786. The van der Waals surface area contributed by atoms with Crippen LogP contribution in [0.15, 0.2) is 24.7 Å². The second-order valence-corrected chi connectivity index (χ2v) is 3.77. The van der Waals surface area contributed by atoms with Crippen LogP contribution in [-0.4, -0.2) is 28.0 Å². The van der Waals surface area contributed by atoms with Crippen molar-refractivity contribution in [3.63, 3.8) is 0 Å². The highest BCUT2D eigenvalue weighted by atomic mass is 15.2. The lowest BCUT2D eigenvalue weighted by Gasteiger charge is -2.17. The molecule has 0 unspecified atom stereocenters. The molecule has 1 aliphatic rings. The molecule has 3 rings (SSSR count). The van der Waals surface area contributed by atoms with Crippen LogP contribution in [0.1, 0.15) is 12.8 Å². The monoisotopic (exact) mass is 200 g/mol. The van der Waals surface area contributed by atoms with Gasteiger partial charge in [0.25, 0.3) is 0 Å². The number of hydrogen-bond acceptors (Lipinski definition) is 4. The minimum atomic E-state index is 0.786. The largest absolute Gasteiger partial charge is 0.356 e. The van der Waals surface area contributed by atoms with E-state index in [9.17, 15) is 0 Å². The van der Waals surface area contributed by atoms with Gasteiger partial charge in [-0.05, 0) is 25.0 Å². The number of nitrogens with zero attached hydrogens (tertiary/aromatic N) is 4. The Morgan fingerprint density at radius 2 is 1.93 bits per heavy atom. The van der Waals surface area contributed by atoms with Gasteiger partial charge < -0.3 is 4.90 Å². The summed E-state index contributed by atoms with van der Waals surface area (Å²) in [6.45, 7) is 2.20. The van der Waals surface area contributed by atoms with Crippen LogP contribution in [0.5, 0.6) is 0 Å². The van der Waals surface area contributed by atoms with Gasteiger partial charge in [0.15, 0.2) is 5.65 Å². The SMILES string of the molecule is c1cnc2ncnc(N3CCCC3)c2c1. The van der Waals surface area contributed by atoms with E-state index < -0.39 is 0 Å². The van der Waals surface area contributed by atoms with E-state index in [0.29, 0.717) is 0 Å². The molecular weight excluding hydrogens is 188 g/mol. The molecule has 2 aromatic rings. The maximum Gasteiger partial charge on any atom is 0.164 e. The van der Waals surface area contributed by atoms with Crippen molar-refractivity contribution >= 4 is 16.9 Å². The van der Waals surface area contributed by atoms with Crippen LogP contribution in [0.2, 0.25) is 0 Å². The summed E-state index contributed by atoms with van der Waals surface area (Å²) in [5.74, 6) is 1.03. The third-order valence-corrected chi connectivity index (χ3v) is 2.79. The average Bonchev–Trinajstić information content (AvgIpc) is 2.82. The highest BCUT2D eigenvalue weighted by Gasteiger charge is 2.16. The van der Waals surface area contributed by atoms with Gasteiger partial charge in [0.05, 0.1) is 5.39 Å². The Kier molecular flexibility index (Phi) is 1.98. The van der Waals surface area contributed by atoms with Gasteiger partial charge in [0, 0.05) is 19.3 Å². The normalized spacial score (nSPS) is 16.1. The quantitative estimate of drug-likeness (QED) is 0.701. The lowest BCUT2D eigenvalue weighted by Crippen LogP contribution is -2.19. The lowest BCUT2D eigenvalue weighted by molar-refractivity contribution is 0.937. The zero-order valence-corrected chi connectivity index (χ0v) is 8.43. The van der Waals surface area contributed by atoms with E-state index in [4.69, 9.17) is 0 Å². The van der Waals surface area contributed by atoms with Crippen molar-refractivity contribution in [1.82, 2.24) is 15.0 Å². The summed E-state index contributed by atoms with van der Waals surface area (Å²) in [6.07, 6.45) is 5.88. The highest BCUT2D eigenvalue weighted by Crippen LogP contribution is 2.24. The summed E-state index contributed by atoms with van der Waals surface area (Å²) in [6, 6.07) is 3.97. The van der Waals surface area contributed by atoms with Crippen molar-refractivity contribution in [3.8, 4) is 0 Å². The van der Waals surface area contributed by atoms with E-state index >= 15 is 0 Å². The fourth-order valence-corrected chi connectivity index (χ4v) is 2.06. The minimum Gasteiger partial charge on any atom is -0.356 e. The molecule has 15 heavy (non-hydrogen) atoms. The standard InChI is InChI=1S/C11H12N4/c1-2-7-15(6-1)11-9-4-3-5-12-10(9)13-8-14-11/h3-5,8H,1-2,6-7H2. The molecule has 0 bridgehead atoms. The van der Waals surface area contributed by atoms with Gasteiger partial charge >= 0.3 is 0 Å². The molecule has 1 saturated heterocycles. The third kappa shape index (κ3) is 1.42. The van der Waals surface area contributed by atoms with Crippen molar-refractivity contribution in [2.24, 2.45) is 0 Å². The summed E-state index contributed by atoms with van der Waals surface area (Å²) in [5, 5.41) is 1.06. The van der Waals surface area contributed by atoms with Gasteiger partial charge in [0.2, 0.25) is 0 Å². The zero-order valence-electron chi connectivity index (χ0n) is 8.43. The topological polar surface area (TPSA) is 41.9 Å². The first-order valence-corrected chi connectivity index (χ1v) is 5.26. The van der Waals surface area contributed by atoms with E-state index in [0.717, 1.165) is 29.9 Å². The summed E-state index contributed by atoms with van der Waals surface area (Å²) in [7, 11) is 0. The van der Waals surface area contributed by atoms with Crippen LogP contribution in [0.4, 0.5) is 5.82 Å². The van der Waals surface area contributed by atoms with Crippen LogP contribution < -0.4 is 4.90 Å². The first kappa shape index (κ1) is 8.59. The van der Waals surface area contributed by atoms with Crippen molar-refractivity contribution in [3.05, 3.63) is 24.7 Å². The average molecular weight is 200 g/mol. The van der Waals surface area contributed by atoms with Gasteiger partial charge in [-0.2, -0.15) is 0 Å². The van der Waals surface area contributed by atoms with E-state index in [1.54, 1.807) is 12.5 Å². The first-order valence-electron chi connectivity index (χ1n) is 5.26. The van der Waals surface area contributed by atoms with Crippen LogP contribution in [0.25, 0.3) is 11.0 Å². The Morgan fingerprint density at radius 3 is 2.80 bits per heavy atom. The molecule has 3 heterocycles. The highest BCUT2D eigenvalue weighted by molar-refractivity contribution is 5.86. The van der Waals surface area contributed by atoms with Gasteiger partial charge in [-0.3, -0.25) is 0 Å². The molecule has 76 valence electrons. The molecule has 1 fully saturated rings. The number of anilines is 1. The van der Waals surface area contributed by atoms with Gasteiger partial charge in [0.1, 0.15) is 12.1 Å².